The first-order valence-electron chi connectivity index (χ1n) is 12.6. The molecule has 200 valence electrons. The summed E-state index contributed by atoms with van der Waals surface area (Å²) in [6.07, 6.45) is 7.73. The minimum Gasteiger partial charge on any atom is -0.493 e. The highest BCUT2D eigenvalue weighted by Gasteiger charge is 2.27. The molecule has 3 heterocycles. The molecule has 2 aliphatic heterocycles. The molecule has 0 bridgehead atoms. The van der Waals surface area contributed by atoms with Crippen LogP contribution in [0.5, 0.6) is 11.5 Å². The van der Waals surface area contributed by atoms with Gasteiger partial charge in [-0.1, -0.05) is 23.7 Å². The Hall–Kier alpha value is -3.79. The highest BCUT2D eigenvalue weighted by molar-refractivity contribution is 6.31. The number of carbonyl (C=O) groups excluding carboxylic acids is 1. The van der Waals surface area contributed by atoms with Crippen LogP contribution >= 0.6 is 11.6 Å². The van der Waals surface area contributed by atoms with Gasteiger partial charge < -0.3 is 29.9 Å². The van der Waals surface area contributed by atoms with Crippen LogP contribution < -0.4 is 20.1 Å². The van der Waals surface area contributed by atoms with Gasteiger partial charge in [0.25, 0.3) is 0 Å². The number of nitrogens with one attached hydrogen (secondary N) is 2. The molecule has 1 atom stereocenters. The summed E-state index contributed by atoms with van der Waals surface area (Å²) in [4.78, 5) is 25.3. The van der Waals surface area contributed by atoms with Gasteiger partial charge in [-0.25, -0.2) is 19.2 Å². The lowest BCUT2D eigenvalue weighted by molar-refractivity contribution is 0.105. The third kappa shape index (κ3) is 5.55. The Balaban J connectivity index is 1.28. The van der Waals surface area contributed by atoms with Crippen molar-refractivity contribution < 1.29 is 18.7 Å². The number of rotatable bonds is 7. The van der Waals surface area contributed by atoms with E-state index in [1.165, 1.54) is 12.4 Å². The van der Waals surface area contributed by atoms with Gasteiger partial charge in [0, 0.05) is 43.9 Å². The Morgan fingerprint density at radius 3 is 2.74 bits per heavy atom. The fraction of sp³-hybridized carbons (Fsp3) is 0.370. The van der Waals surface area contributed by atoms with Crippen molar-refractivity contribution in [1.29, 1.82) is 0 Å². The second-order valence-electron chi connectivity index (χ2n) is 9.31. The number of anilines is 2. The van der Waals surface area contributed by atoms with Gasteiger partial charge in [0.2, 0.25) is 0 Å². The molecule has 1 fully saturated rings. The Morgan fingerprint density at radius 2 is 2.00 bits per heavy atom. The van der Waals surface area contributed by atoms with E-state index in [1.807, 2.05) is 18.0 Å². The molecule has 38 heavy (non-hydrogen) atoms. The van der Waals surface area contributed by atoms with E-state index >= 15 is 0 Å². The lowest BCUT2D eigenvalue weighted by Gasteiger charge is -2.34. The monoisotopic (exact) mass is 540 g/mol. The topological polar surface area (TPSA) is 91.9 Å². The summed E-state index contributed by atoms with van der Waals surface area (Å²) in [5.74, 6) is 0.913. The molecule has 1 saturated heterocycles. The van der Waals surface area contributed by atoms with Crippen molar-refractivity contribution in [3.63, 3.8) is 0 Å². The third-order valence-electron chi connectivity index (χ3n) is 6.83. The summed E-state index contributed by atoms with van der Waals surface area (Å²) in [7, 11) is 1.57. The first kappa shape index (κ1) is 25.8. The molecule has 3 aromatic rings. The number of urea groups is 1. The van der Waals surface area contributed by atoms with Gasteiger partial charge in [-0.15, -0.1) is 0 Å². The smallest absolute Gasteiger partial charge is 0.319 e. The molecule has 1 aromatic heterocycles. The molecule has 11 heteroatoms. The van der Waals surface area contributed by atoms with Crippen molar-refractivity contribution in [2.24, 2.45) is 0 Å². The van der Waals surface area contributed by atoms with E-state index < -0.39 is 5.82 Å². The highest BCUT2D eigenvalue weighted by atomic mass is 35.5. The maximum Gasteiger partial charge on any atom is 0.319 e. The Morgan fingerprint density at radius 1 is 1.18 bits per heavy atom. The number of methoxy groups -OCH3 is 1. The highest BCUT2D eigenvalue weighted by Crippen LogP contribution is 2.36. The van der Waals surface area contributed by atoms with Gasteiger partial charge >= 0.3 is 6.03 Å². The number of nitrogens with zero attached hydrogens (tertiary/aromatic N) is 4. The van der Waals surface area contributed by atoms with Crippen molar-refractivity contribution in [2.75, 3.05) is 32.1 Å². The van der Waals surface area contributed by atoms with Crippen LogP contribution in [0.25, 0.3) is 10.9 Å². The maximum absolute atomic E-state index is 14.5. The van der Waals surface area contributed by atoms with Gasteiger partial charge in [0.1, 0.15) is 18.2 Å². The Kier molecular flexibility index (Phi) is 7.69. The summed E-state index contributed by atoms with van der Waals surface area (Å²) in [6, 6.07) is 8.22. The molecule has 2 amide bonds. The quantitative estimate of drug-likeness (QED) is 0.420. The van der Waals surface area contributed by atoms with Crippen LogP contribution in [-0.4, -0.2) is 64.8 Å². The Labute approximate surface area is 225 Å². The van der Waals surface area contributed by atoms with Crippen LogP contribution in [0.15, 0.2) is 48.9 Å². The van der Waals surface area contributed by atoms with Crippen LogP contribution in [0.1, 0.15) is 26.2 Å². The van der Waals surface area contributed by atoms with Crippen molar-refractivity contribution in [3.05, 3.63) is 59.8 Å². The van der Waals surface area contributed by atoms with Crippen LogP contribution in [0.4, 0.5) is 20.7 Å². The molecule has 0 saturated carbocycles. The zero-order valence-electron chi connectivity index (χ0n) is 21.3. The molecule has 2 N–H and O–H groups in total. The number of carbonyl (C=O) groups is 1. The largest absolute Gasteiger partial charge is 0.493 e. The van der Waals surface area contributed by atoms with E-state index in [-0.39, 0.29) is 29.0 Å². The molecule has 9 nitrogen and oxygen atoms in total. The molecule has 5 rings (SSSR count). The molecule has 1 unspecified atom stereocenters. The summed E-state index contributed by atoms with van der Waals surface area (Å²) < 4.78 is 26.4. The number of halogens is 2. The molecule has 0 radical (unpaired) electrons. The molecule has 0 spiro atoms. The van der Waals surface area contributed by atoms with Crippen molar-refractivity contribution in [3.8, 4) is 11.5 Å². The zero-order chi connectivity index (χ0) is 26.6. The number of piperidine rings is 1. The van der Waals surface area contributed by atoms with Crippen LogP contribution in [0.2, 0.25) is 5.02 Å². The molecule has 0 aliphatic carbocycles. The summed E-state index contributed by atoms with van der Waals surface area (Å²) in [6.45, 7) is 4.07. The molecule has 2 aliphatic rings. The van der Waals surface area contributed by atoms with E-state index in [0.29, 0.717) is 54.2 Å². The van der Waals surface area contributed by atoms with Crippen LogP contribution in [0.3, 0.4) is 0 Å². The molecular formula is C27H30ClFN6O3. The minimum atomic E-state index is -0.562. The SMILES string of the molecule is COc1cc2ncnc(Nc3cccc(Cl)c3F)c2cc1OC1CCN(C(=O)NC(C)N2C=CCC2)CC1. The van der Waals surface area contributed by atoms with E-state index in [1.54, 1.807) is 31.4 Å². The fourth-order valence-electron chi connectivity index (χ4n) is 4.68. The minimum absolute atomic E-state index is 0.0152. The summed E-state index contributed by atoms with van der Waals surface area (Å²) in [5, 5.41) is 6.74. The fourth-order valence-corrected chi connectivity index (χ4v) is 4.86. The average Bonchev–Trinajstić information content (AvgIpc) is 3.47. The maximum atomic E-state index is 14.5. The van der Waals surface area contributed by atoms with Gasteiger partial charge in [-0.2, -0.15) is 0 Å². The summed E-state index contributed by atoms with van der Waals surface area (Å²) >= 11 is 5.94. The molecule has 2 aromatic carbocycles. The van der Waals surface area contributed by atoms with E-state index in [0.717, 1.165) is 13.0 Å². The molecular weight excluding hydrogens is 511 g/mol. The number of aromatic nitrogens is 2. The van der Waals surface area contributed by atoms with E-state index in [2.05, 4.69) is 31.6 Å². The number of fused-ring (bicyclic) bond motifs is 1. The van der Waals surface area contributed by atoms with Crippen LogP contribution in [-0.2, 0) is 0 Å². The van der Waals surface area contributed by atoms with Gasteiger partial charge in [0.15, 0.2) is 17.3 Å². The van der Waals surface area contributed by atoms with Crippen molar-refractivity contribution >= 4 is 40.0 Å². The number of amides is 2. The number of likely N-dealkylation sites (tertiary alicyclic amines) is 1. The second kappa shape index (κ2) is 11.3. The standard InChI is InChI=1S/C27H30ClFN6O3/c1-17(34-10-3-4-11-34)32-27(36)35-12-8-18(9-13-35)38-24-14-19-22(15-23(24)37-2)30-16-31-26(19)33-21-7-5-6-20(28)25(21)29/h3,5-7,10,14-18H,4,8-9,11-13H2,1-2H3,(H,32,36)(H,30,31,33). The van der Waals surface area contributed by atoms with Gasteiger partial charge in [-0.3, -0.25) is 0 Å². The zero-order valence-corrected chi connectivity index (χ0v) is 22.0. The third-order valence-corrected chi connectivity index (χ3v) is 7.12. The number of ether oxygens (including phenoxy) is 2. The van der Waals surface area contributed by atoms with E-state index in [4.69, 9.17) is 21.1 Å². The predicted molar refractivity (Wildman–Crippen MR) is 144 cm³/mol. The average molecular weight is 541 g/mol. The first-order chi connectivity index (χ1) is 18.4. The lowest BCUT2D eigenvalue weighted by Crippen LogP contribution is -2.51. The number of hydrogen-bond donors (Lipinski definition) is 2. The van der Waals surface area contributed by atoms with E-state index in [9.17, 15) is 9.18 Å². The summed E-state index contributed by atoms with van der Waals surface area (Å²) in [5.41, 5.74) is 0.819. The van der Waals surface area contributed by atoms with Crippen molar-refractivity contribution in [1.82, 2.24) is 25.1 Å². The lowest BCUT2D eigenvalue weighted by atomic mass is 10.1. The van der Waals surface area contributed by atoms with Crippen molar-refractivity contribution in [2.45, 2.75) is 38.5 Å². The van der Waals surface area contributed by atoms with Gasteiger partial charge in [0.05, 0.1) is 29.5 Å². The second-order valence-corrected chi connectivity index (χ2v) is 9.72. The van der Waals surface area contributed by atoms with Gasteiger partial charge in [-0.05, 0) is 37.7 Å². The predicted octanol–water partition coefficient (Wildman–Crippen LogP) is 5.29. The Bertz CT molecular complexity index is 1350. The first-order valence-corrected chi connectivity index (χ1v) is 13.0. The normalized spacial score (nSPS) is 16.5. The number of hydrogen-bond acceptors (Lipinski definition) is 7. The number of benzene rings is 2. The van der Waals surface area contributed by atoms with Crippen LogP contribution in [0, 0.1) is 5.82 Å².